The maximum atomic E-state index is 12.5. The summed E-state index contributed by atoms with van der Waals surface area (Å²) in [7, 11) is 1.66. The number of methoxy groups -OCH3 is 1. The summed E-state index contributed by atoms with van der Waals surface area (Å²) in [6.45, 7) is 3.95. The Morgan fingerprint density at radius 3 is 2.87 bits per heavy atom. The molecule has 3 fully saturated rings. The van der Waals surface area contributed by atoms with Crippen LogP contribution in [-0.4, -0.2) is 55.3 Å². The van der Waals surface area contributed by atoms with Gasteiger partial charge in [-0.15, -0.1) is 0 Å². The number of nitrogens with one attached hydrogen (secondary N) is 1. The second-order valence-corrected chi connectivity index (χ2v) is 6.93. The molecule has 1 aromatic rings. The monoisotopic (exact) mass is 313 g/mol. The minimum Gasteiger partial charge on any atom is -0.497 e. The molecule has 5 heteroatoms. The fourth-order valence-corrected chi connectivity index (χ4v) is 4.29. The number of amides is 1. The number of hydrogen-bond donors (Lipinski definition) is 1. The lowest BCUT2D eigenvalue weighted by Crippen LogP contribution is -2.68. The van der Waals surface area contributed by atoms with Crippen LogP contribution in [0.1, 0.15) is 24.8 Å². The average molecular weight is 313 g/mol. The van der Waals surface area contributed by atoms with Crippen LogP contribution < -0.4 is 10.1 Å². The number of ether oxygens (including phenoxy) is 1. The molecule has 0 aromatic heterocycles. The number of carbonyl (C=O) groups excluding carboxylic acids is 1. The lowest BCUT2D eigenvalue weighted by molar-refractivity contribution is -0.124. The highest BCUT2D eigenvalue weighted by atomic mass is 16.5. The molecule has 5 nitrogen and oxygen atoms in total. The summed E-state index contributed by atoms with van der Waals surface area (Å²) in [5.41, 5.74) is 1.70. The van der Waals surface area contributed by atoms with E-state index in [0.29, 0.717) is 18.9 Å². The average Bonchev–Trinajstić information content (AvgIpc) is 2.75. The molecule has 1 atom stereocenters. The van der Waals surface area contributed by atoms with Crippen molar-refractivity contribution in [2.75, 3.05) is 33.3 Å². The molecule has 5 rings (SSSR count). The lowest BCUT2D eigenvalue weighted by atomic mass is 9.72. The molecule has 4 heterocycles. The van der Waals surface area contributed by atoms with E-state index in [-0.39, 0.29) is 11.4 Å². The Balaban J connectivity index is 1.64. The van der Waals surface area contributed by atoms with Crippen LogP contribution in [0, 0.1) is 5.92 Å². The summed E-state index contributed by atoms with van der Waals surface area (Å²) in [5, 5.41) is 3.33. The Bertz CT molecular complexity index is 649. The molecule has 1 N–H and O–H groups in total. The van der Waals surface area contributed by atoms with Crippen molar-refractivity contribution >= 4 is 11.6 Å². The Hall–Kier alpha value is -1.88. The minimum atomic E-state index is -0.159. The van der Waals surface area contributed by atoms with Gasteiger partial charge in [-0.1, -0.05) is 12.1 Å². The third-order valence-corrected chi connectivity index (χ3v) is 5.55. The molecular weight excluding hydrogens is 290 g/mol. The summed E-state index contributed by atoms with van der Waals surface area (Å²) in [6.07, 6.45) is 2.69. The smallest absolute Gasteiger partial charge is 0.226 e. The molecule has 1 unspecified atom stereocenters. The topological polar surface area (TPSA) is 53.9 Å². The maximum Gasteiger partial charge on any atom is 0.226 e. The Kier molecular flexibility index (Phi) is 3.60. The van der Waals surface area contributed by atoms with Crippen LogP contribution in [0.3, 0.4) is 0 Å². The van der Waals surface area contributed by atoms with Crippen molar-refractivity contribution < 1.29 is 9.53 Å². The predicted molar refractivity (Wildman–Crippen MR) is 89.1 cm³/mol. The van der Waals surface area contributed by atoms with Crippen molar-refractivity contribution in [2.45, 2.75) is 24.8 Å². The van der Waals surface area contributed by atoms with Crippen molar-refractivity contribution in [3.63, 3.8) is 0 Å². The molecule has 1 amide bonds. The summed E-state index contributed by atoms with van der Waals surface area (Å²) in [5.74, 6) is 1.45. The predicted octanol–water partition coefficient (Wildman–Crippen LogP) is 1.47. The standard InChI is InChI=1S/C18H23N3O2/c1-23-15-4-2-3-13(9-15)16-10-17(22)20-18(11-19-16)12-21-7-5-14(18)6-8-21/h2-4,9,14H,5-8,10-12H2,1H3,(H,20,22). The van der Waals surface area contributed by atoms with Crippen LogP contribution in [0.4, 0.5) is 0 Å². The lowest BCUT2D eigenvalue weighted by Gasteiger charge is -2.52. The van der Waals surface area contributed by atoms with Crippen LogP contribution in [0.15, 0.2) is 29.3 Å². The molecule has 0 radical (unpaired) electrons. The van der Waals surface area contributed by atoms with Crippen LogP contribution in [0.2, 0.25) is 0 Å². The molecule has 1 aromatic carbocycles. The Labute approximate surface area is 136 Å². The van der Waals surface area contributed by atoms with Gasteiger partial charge in [-0.2, -0.15) is 0 Å². The van der Waals surface area contributed by atoms with Gasteiger partial charge >= 0.3 is 0 Å². The van der Waals surface area contributed by atoms with Crippen LogP contribution in [0.5, 0.6) is 5.75 Å². The fraction of sp³-hybridized carbons (Fsp3) is 0.556. The molecule has 1 spiro atoms. The number of fused-ring (bicyclic) bond motifs is 2. The normalized spacial score (nSPS) is 33.1. The number of aliphatic imine (C=N–C) groups is 1. The first-order valence-electron chi connectivity index (χ1n) is 8.40. The van der Waals surface area contributed by atoms with E-state index in [1.807, 2.05) is 24.3 Å². The van der Waals surface area contributed by atoms with Crippen molar-refractivity contribution in [2.24, 2.45) is 10.9 Å². The van der Waals surface area contributed by atoms with Gasteiger partial charge in [0.2, 0.25) is 5.91 Å². The number of hydrogen-bond acceptors (Lipinski definition) is 4. The highest BCUT2D eigenvalue weighted by molar-refractivity contribution is 6.11. The zero-order chi connectivity index (χ0) is 15.9. The molecule has 122 valence electrons. The molecule has 0 saturated carbocycles. The van der Waals surface area contributed by atoms with Crippen molar-refractivity contribution in [1.29, 1.82) is 0 Å². The van der Waals surface area contributed by atoms with Gasteiger partial charge < -0.3 is 15.0 Å². The van der Waals surface area contributed by atoms with Crippen molar-refractivity contribution in [1.82, 2.24) is 10.2 Å². The van der Waals surface area contributed by atoms with E-state index in [1.54, 1.807) is 7.11 Å². The van der Waals surface area contributed by atoms with Gasteiger partial charge in [0.05, 0.1) is 31.3 Å². The summed E-state index contributed by atoms with van der Waals surface area (Å²) >= 11 is 0. The molecular formula is C18H23N3O2. The molecule has 23 heavy (non-hydrogen) atoms. The second kappa shape index (κ2) is 5.64. The van der Waals surface area contributed by atoms with Crippen molar-refractivity contribution in [3.05, 3.63) is 29.8 Å². The number of benzene rings is 1. The zero-order valence-corrected chi connectivity index (χ0v) is 13.5. The molecule has 0 aliphatic carbocycles. The number of carbonyl (C=O) groups is 1. The molecule has 3 saturated heterocycles. The van der Waals surface area contributed by atoms with Gasteiger partial charge in [0.15, 0.2) is 0 Å². The van der Waals surface area contributed by atoms with E-state index in [4.69, 9.17) is 9.73 Å². The van der Waals surface area contributed by atoms with E-state index >= 15 is 0 Å². The Morgan fingerprint density at radius 1 is 1.35 bits per heavy atom. The first-order chi connectivity index (χ1) is 11.2. The van der Waals surface area contributed by atoms with Crippen LogP contribution >= 0.6 is 0 Å². The van der Waals surface area contributed by atoms with Gasteiger partial charge in [-0.05, 0) is 49.5 Å². The third kappa shape index (κ3) is 2.63. The summed E-state index contributed by atoms with van der Waals surface area (Å²) in [6, 6.07) is 7.82. The third-order valence-electron chi connectivity index (χ3n) is 5.55. The van der Waals surface area contributed by atoms with Gasteiger partial charge in [0, 0.05) is 6.54 Å². The van der Waals surface area contributed by atoms with Crippen LogP contribution in [-0.2, 0) is 4.79 Å². The summed E-state index contributed by atoms with van der Waals surface area (Å²) < 4.78 is 5.29. The SMILES string of the molecule is COc1cccc(C2=NCC3(CN4CCC3CC4)NC(=O)C2)c1. The van der Waals surface area contributed by atoms with Gasteiger partial charge in [-0.25, -0.2) is 0 Å². The minimum absolute atomic E-state index is 0.0952. The van der Waals surface area contributed by atoms with E-state index in [9.17, 15) is 4.79 Å². The number of rotatable bonds is 2. The quantitative estimate of drug-likeness (QED) is 0.899. The van der Waals surface area contributed by atoms with Gasteiger partial charge in [-0.3, -0.25) is 9.79 Å². The van der Waals surface area contributed by atoms with Crippen LogP contribution in [0.25, 0.3) is 0 Å². The molecule has 4 aliphatic rings. The van der Waals surface area contributed by atoms with Gasteiger partial charge in [0.1, 0.15) is 5.75 Å². The second-order valence-electron chi connectivity index (χ2n) is 6.93. The number of piperidine rings is 3. The first kappa shape index (κ1) is 14.7. The first-order valence-corrected chi connectivity index (χ1v) is 8.40. The van der Waals surface area contributed by atoms with E-state index < -0.39 is 0 Å². The van der Waals surface area contributed by atoms with Gasteiger partial charge in [0.25, 0.3) is 0 Å². The fourth-order valence-electron chi connectivity index (χ4n) is 4.29. The summed E-state index contributed by atoms with van der Waals surface area (Å²) in [4.78, 5) is 19.9. The molecule has 2 bridgehead atoms. The number of nitrogens with zero attached hydrogens (tertiary/aromatic N) is 2. The van der Waals surface area contributed by atoms with E-state index in [2.05, 4.69) is 10.2 Å². The highest BCUT2D eigenvalue weighted by Crippen LogP contribution is 2.37. The van der Waals surface area contributed by atoms with E-state index in [1.165, 1.54) is 12.8 Å². The highest BCUT2D eigenvalue weighted by Gasteiger charge is 2.48. The maximum absolute atomic E-state index is 12.5. The Morgan fingerprint density at radius 2 is 2.17 bits per heavy atom. The zero-order valence-electron chi connectivity index (χ0n) is 13.5. The molecule has 4 aliphatic heterocycles. The van der Waals surface area contributed by atoms with E-state index in [0.717, 1.165) is 36.7 Å². The van der Waals surface area contributed by atoms with Crippen molar-refractivity contribution in [3.8, 4) is 5.75 Å². The largest absolute Gasteiger partial charge is 0.497 e.